The molecule has 6 heteroatoms. The third kappa shape index (κ3) is 2.87. The van der Waals surface area contributed by atoms with Crippen molar-refractivity contribution < 1.29 is 9.53 Å². The number of hydrogen-bond acceptors (Lipinski definition) is 4. The molecular weight excluding hydrogens is 292 g/mol. The molecule has 3 N–H and O–H groups in total. The van der Waals surface area contributed by atoms with E-state index in [2.05, 4.69) is 20.6 Å². The number of hydrogen-bond donors (Lipinski definition) is 3. The van der Waals surface area contributed by atoms with Crippen molar-refractivity contribution in [2.24, 2.45) is 0 Å². The molecule has 0 spiro atoms. The summed E-state index contributed by atoms with van der Waals surface area (Å²) < 4.78 is 5.82. The fraction of sp³-hybridized carbons (Fsp3) is 0.412. The number of nitrogens with zero attached hydrogens (tertiary/aromatic N) is 1. The fourth-order valence-corrected chi connectivity index (χ4v) is 3.37. The maximum absolute atomic E-state index is 12.2. The molecule has 0 bridgehead atoms. The second-order valence-corrected chi connectivity index (χ2v) is 6.09. The van der Waals surface area contributed by atoms with Crippen LogP contribution in [0.25, 0.3) is 11.3 Å². The highest BCUT2D eigenvalue weighted by atomic mass is 16.5. The van der Waals surface area contributed by atoms with Crippen LogP contribution in [0.15, 0.2) is 30.6 Å². The Morgan fingerprint density at radius 3 is 2.91 bits per heavy atom. The van der Waals surface area contributed by atoms with Gasteiger partial charge in [0.25, 0.3) is 5.91 Å². The van der Waals surface area contributed by atoms with Crippen molar-refractivity contribution in [3.8, 4) is 11.3 Å². The molecule has 2 atom stereocenters. The highest BCUT2D eigenvalue weighted by Crippen LogP contribution is 2.31. The SMILES string of the molecule is O=C1NCC(C[C@@H]2CNCCO2)c2[nH]c(-c3ccncc3)cc21. The fourth-order valence-electron chi connectivity index (χ4n) is 3.37. The molecule has 1 saturated heterocycles. The summed E-state index contributed by atoms with van der Waals surface area (Å²) in [5, 5.41) is 6.35. The van der Waals surface area contributed by atoms with Gasteiger partial charge in [0.05, 0.1) is 18.3 Å². The van der Waals surface area contributed by atoms with Gasteiger partial charge in [0, 0.05) is 54.9 Å². The third-order valence-corrected chi connectivity index (χ3v) is 4.55. The number of nitrogens with one attached hydrogen (secondary N) is 3. The molecule has 1 fully saturated rings. The number of fused-ring (bicyclic) bond motifs is 1. The molecule has 2 aromatic heterocycles. The van der Waals surface area contributed by atoms with Gasteiger partial charge < -0.3 is 20.4 Å². The predicted octanol–water partition coefficient (Wildman–Crippen LogP) is 1.28. The lowest BCUT2D eigenvalue weighted by Gasteiger charge is -2.29. The second-order valence-electron chi connectivity index (χ2n) is 6.09. The maximum atomic E-state index is 12.2. The summed E-state index contributed by atoms with van der Waals surface area (Å²) in [6, 6.07) is 5.82. The first kappa shape index (κ1) is 14.4. The highest BCUT2D eigenvalue weighted by molar-refractivity contribution is 5.98. The first-order chi connectivity index (χ1) is 11.3. The Morgan fingerprint density at radius 1 is 1.26 bits per heavy atom. The van der Waals surface area contributed by atoms with Crippen LogP contribution < -0.4 is 10.6 Å². The lowest BCUT2D eigenvalue weighted by atomic mass is 9.91. The highest BCUT2D eigenvalue weighted by Gasteiger charge is 2.30. The average Bonchev–Trinajstić information content (AvgIpc) is 3.06. The Balaban J connectivity index is 1.62. The van der Waals surface area contributed by atoms with Crippen LogP contribution >= 0.6 is 0 Å². The van der Waals surface area contributed by atoms with Crippen LogP contribution in [0, 0.1) is 0 Å². The van der Waals surface area contributed by atoms with Crippen molar-refractivity contribution in [3.05, 3.63) is 41.9 Å². The van der Waals surface area contributed by atoms with E-state index in [4.69, 9.17) is 4.74 Å². The normalized spacial score (nSPS) is 24.1. The molecule has 0 saturated carbocycles. The van der Waals surface area contributed by atoms with Crippen molar-refractivity contribution in [2.75, 3.05) is 26.2 Å². The summed E-state index contributed by atoms with van der Waals surface area (Å²) in [7, 11) is 0. The molecule has 4 heterocycles. The van der Waals surface area contributed by atoms with E-state index in [1.165, 1.54) is 0 Å². The number of carbonyl (C=O) groups excluding carboxylic acids is 1. The Morgan fingerprint density at radius 2 is 2.13 bits per heavy atom. The summed E-state index contributed by atoms with van der Waals surface area (Å²) in [5.74, 6) is 0.249. The molecule has 4 rings (SSSR count). The van der Waals surface area contributed by atoms with Crippen LogP contribution in [-0.2, 0) is 4.74 Å². The Kier molecular flexibility index (Phi) is 3.85. The number of carbonyl (C=O) groups is 1. The van der Waals surface area contributed by atoms with E-state index in [0.717, 1.165) is 48.6 Å². The van der Waals surface area contributed by atoms with Crippen LogP contribution in [0.5, 0.6) is 0 Å². The van der Waals surface area contributed by atoms with E-state index in [1.807, 2.05) is 18.2 Å². The topological polar surface area (TPSA) is 79.0 Å². The van der Waals surface area contributed by atoms with Crippen molar-refractivity contribution in [2.45, 2.75) is 18.4 Å². The minimum atomic E-state index is -0.00417. The van der Waals surface area contributed by atoms with Gasteiger partial charge in [-0.2, -0.15) is 0 Å². The van der Waals surface area contributed by atoms with E-state index < -0.39 is 0 Å². The van der Waals surface area contributed by atoms with Gasteiger partial charge in [-0.1, -0.05) is 0 Å². The van der Waals surface area contributed by atoms with Gasteiger partial charge in [-0.15, -0.1) is 0 Å². The molecule has 6 nitrogen and oxygen atoms in total. The van der Waals surface area contributed by atoms with Crippen LogP contribution in [0.4, 0.5) is 0 Å². The smallest absolute Gasteiger partial charge is 0.253 e. The van der Waals surface area contributed by atoms with E-state index in [9.17, 15) is 4.79 Å². The van der Waals surface area contributed by atoms with E-state index in [0.29, 0.717) is 6.54 Å². The van der Waals surface area contributed by atoms with Crippen LogP contribution in [-0.4, -0.2) is 48.2 Å². The first-order valence-electron chi connectivity index (χ1n) is 8.05. The van der Waals surface area contributed by atoms with Gasteiger partial charge in [0.2, 0.25) is 0 Å². The van der Waals surface area contributed by atoms with Crippen LogP contribution in [0.1, 0.15) is 28.4 Å². The Hall–Kier alpha value is -2.18. The molecule has 1 amide bonds. The zero-order valence-corrected chi connectivity index (χ0v) is 12.8. The van der Waals surface area contributed by atoms with Crippen molar-refractivity contribution in [1.82, 2.24) is 20.6 Å². The summed E-state index contributed by atoms with van der Waals surface area (Å²) >= 11 is 0. The summed E-state index contributed by atoms with van der Waals surface area (Å²) in [6.45, 7) is 3.20. The van der Waals surface area contributed by atoms with Gasteiger partial charge in [0.15, 0.2) is 0 Å². The minimum Gasteiger partial charge on any atom is -0.376 e. The number of H-pyrrole nitrogens is 1. The van der Waals surface area contributed by atoms with Crippen molar-refractivity contribution in [3.63, 3.8) is 0 Å². The van der Waals surface area contributed by atoms with Gasteiger partial charge in [-0.05, 0) is 24.6 Å². The Bertz CT molecular complexity index is 692. The quantitative estimate of drug-likeness (QED) is 0.798. The number of morpholine rings is 1. The standard InChI is InChI=1S/C17H20N4O2/c22-17-14-8-15(11-1-3-18-4-2-11)21-16(14)12(9-20-17)7-13-10-19-5-6-23-13/h1-4,8,12-13,19,21H,5-7,9-10H2,(H,20,22)/t12?,13-/m1/s1. The van der Waals surface area contributed by atoms with Crippen molar-refractivity contribution >= 4 is 5.91 Å². The predicted molar refractivity (Wildman–Crippen MR) is 86.3 cm³/mol. The van der Waals surface area contributed by atoms with E-state index >= 15 is 0 Å². The number of pyridine rings is 1. The number of ether oxygens (including phenoxy) is 1. The zero-order valence-electron chi connectivity index (χ0n) is 12.8. The molecule has 2 aliphatic heterocycles. The third-order valence-electron chi connectivity index (χ3n) is 4.55. The lowest BCUT2D eigenvalue weighted by molar-refractivity contribution is 0.0185. The largest absolute Gasteiger partial charge is 0.376 e. The molecule has 2 aromatic rings. The molecule has 1 unspecified atom stereocenters. The number of rotatable bonds is 3. The van der Waals surface area contributed by atoms with Gasteiger partial charge in [-0.3, -0.25) is 9.78 Å². The summed E-state index contributed by atoms with van der Waals surface area (Å²) in [5.41, 5.74) is 3.77. The first-order valence-corrected chi connectivity index (χ1v) is 8.05. The number of aromatic nitrogens is 2. The summed E-state index contributed by atoms with van der Waals surface area (Å²) in [6.07, 6.45) is 4.61. The minimum absolute atomic E-state index is 0.00417. The van der Waals surface area contributed by atoms with Crippen molar-refractivity contribution in [1.29, 1.82) is 0 Å². The molecular formula is C17H20N4O2. The molecule has 120 valence electrons. The van der Waals surface area contributed by atoms with E-state index in [1.54, 1.807) is 12.4 Å². The van der Waals surface area contributed by atoms with Gasteiger partial charge in [-0.25, -0.2) is 0 Å². The Labute approximate surface area is 134 Å². The average molecular weight is 312 g/mol. The lowest BCUT2D eigenvalue weighted by Crippen LogP contribution is -2.42. The molecule has 2 aliphatic rings. The van der Waals surface area contributed by atoms with Gasteiger partial charge in [0.1, 0.15) is 0 Å². The monoisotopic (exact) mass is 312 g/mol. The van der Waals surface area contributed by atoms with Crippen LogP contribution in [0.2, 0.25) is 0 Å². The molecule has 0 aromatic carbocycles. The molecule has 23 heavy (non-hydrogen) atoms. The van der Waals surface area contributed by atoms with E-state index in [-0.39, 0.29) is 17.9 Å². The second kappa shape index (κ2) is 6.14. The maximum Gasteiger partial charge on any atom is 0.253 e. The number of amides is 1. The van der Waals surface area contributed by atoms with Gasteiger partial charge >= 0.3 is 0 Å². The molecule has 0 aliphatic carbocycles. The van der Waals surface area contributed by atoms with Crippen LogP contribution in [0.3, 0.4) is 0 Å². The summed E-state index contributed by atoms with van der Waals surface area (Å²) in [4.78, 5) is 19.7. The number of aromatic amines is 1. The zero-order chi connectivity index (χ0) is 15.6. The molecule has 0 radical (unpaired) electrons.